The maximum Gasteiger partial charge on any atom is 0.338 e. The number of hydrogen-bond donors (Lipinski definition) is 3. The predicted molar refractivity (Wildman–Crippen MR) is 78.6 cm³/mol. The van der Waals surface area contributed by atoms with Crippen LogP contribution in [0, 0.1) is 11.8 Å². The van der Waals surface area contributed by atoms with Crippen molar-refractivity contribution in [3.63, 3.8) is 0 Å². The van der Waals surface area contributed by atoms with Gasteiger partial charge in [0.25, 0.3) is 0 Å². The molecular formula is C14H19Cl2NO5. The summed E-state index contributed by atoms with van der Waals surface area (Å²) in [5.74, 6) is -1.87. The third-order valence-corrected chi connectivity index (χ3v) is 5.87. The predicted octanol–water partition coefficient (Wildman–Crippen LogP) is 0.155. The lowest BCUT2D eigenvalue weighted by Gasteiger charge is -2.49. The molecule has 1 aliphatic carbocycles. The van der Waals surface area contributed by atoms with Crippen molar-refractivity contribution in [2.24, 2.45) is 11.8 Å². The van der Waals surface area contributed by atoms with E-state index in [4.69, 9.17) is 27.9 Å². The van der Waals surface area contributed by atoms with E-state index in [1.54, 1.807) is 0 Å². The second-order valence-corrected chi connectivity index (χ2v) is 7.25. The third-order valence-electron chi connectivity index (χ3n) is 5.17. The summed E-state index contributed by atoms with van der Waals surface area (Å²) in [5.41, 5.74) is -1.46. The van der Waals surface area contributed by atoms with Gasteiger partial charge in [0.05, 0.1) is 23.5 Å². The highest BCUT2D eigenvalue weighted by Crippen LogP contribution is 2.46. The fourth-order valence-electron chi connectivity index (χ4n) is 3.92. The molecule has 3 aliphatic rings. The molecule has 7 atom stereocenters. The van der Waals surface area contributed by atoms with Gasteiger partial charge in [0.2, 0.25) is 11.4 Å². The fourth-order valence-corrected chi connectivity index (χ4v) is 4.50. The van der Waals surface area contributed by atoms with Crippen molar-refractivity contribution in [2.75, 3.05) is 5.88 Å². The van der Waals surface area contributed by atoms with E-state index in [0.717, 1.165) is 6.42 Å². The molecule has 0 aromatic heterocycles. The number of hydrogen-bond acceptors (Lipinski definition) is 5. The Bertz CT molecular complexity index is 490. The quantitative estimate of drug-likeness (QED) is 0.495. The number of carbonyl (C=O) groups excluding carboxylic acids is 2. The molecule has 2 heterocycles. The van der Waals surface area contributed by atoms with Crippen LogP contribution in [0.4, 0.5) is 0 Å². The van der Waals surface area contributed by atoms with Crippen molar-refractivity contribution >= 4 is 35.1 Å². The third kappa shape index (κ3) is 2.15. The molecule has 3 N–H and O–H groups in total. The zero-order chi connectivity index (χ0) is 16.1. The Kier molecular flexibility index (Phi) is 4.31. The van der Waals surface area contributed by atoms with Crippen LogP contribution >= 0.6 is 23.2 Å². The summed E-state index contributed by atoms with van der Waals surface area (Å²) >= 11 is 11.8. The van der Waals surface area contributed by atoms with E-state index in [0.29, 0.717) is 19.3 Å². The summed E-state index contributed by atoms with van der Waals surface area (Å²) in [6.07, 6.45) is -0.550. The average molecular weight is 352 g/mol. The molecule has 0 aromatic carbocycles. The highest BCUT2D eigenvalue weighted by Gasteiger charge is 2.72. The zero-order valence-electron chi connectivity index (χ0n) is 11.9. The molecule has 124 valence electrons. The summed E-state index contributed by atoms with van der Waals surface area (Å²) in [4.78, 5) is 24.2. The standard InChI is InChI=1S/C14H19Cl2NO5/c15-5-4-7-11-14(13(21)22-11,17-12(7)20)10(19)6-2-1-3-8(16)9(6)18/h6-11,18-19H,1-5H2,(H,17,20)/t6-,7+,8-,9-,10-,11-,14+/m0/s1. The van der Waals surface area contributed by atoms with Gasteiger partial charge < -0.3 is 20.3 Å². The molecule has 3 rings (SSSR count). The van der Waals surface area contributed by atoms with Crippen molar-refractivity contribution in [1.29, 1.82) is 0 Å². The number of nitrogens with one attached hydrogen (secondary N) is 1. The Labute approximate surface area is 138 Å². The van der Waals surface area contributed by atoms with Crippen LogP contribution in [0.25, 0.3) is 0 Å². The summed E-state index contributed by atoms with van der Waals surface area (Å²) in [5, 5.41) is 23.1. The summed E-state index contributed by atoms with van der Waals surface area (Å²) in [7, 11) is 0. The number of amides is 1. The van der Waals surface area contributed by atoms with Crippen molar-refractivity contribution in [2.45, 2.75) is 54.9 Å². The van der Waals surface area contributed by atoms with Crippen LogP contribution in [0.1, 0.15) is 25.7 Å². The molecule has 8 heteroatoms. The highest BCUT2D eigenvalue weighted by atomic mass is 35.5. The van der Waals surface area contributed by atoms with E-state index in [2.05, 4.69) is 5.32 Å². The largest absolute Gasteiger partial charge is 0.456 e. The number of carbonyl (C=O) groups is 2. The van der Waals surface area contributed by atoms with Crippen LogP contribution in [-0.2, 0) is 14.3 Å². The van der Waals surface area contributed by atoms with Gasteiger partial charge >= 0.3 is 5.97 Å². The van der Waals surface area contributed by atoms with Crippen molar-refractivity contribution < 1.29 is 24.5 Å². The van der Waals surface area contributed by atoms with Gasteiger partial charge in [-0.3, -0.25) is 4.79 Å². The molecular weight excluding hydrogens is 333 g/mol. The van der Waals surface area contributed by atoms with Crippen LogP contribution in [0.15, 0.2) is 0 Å². The minimum atomic E-state index is -1.46. The van der Waals surface area contributed by atoms with Gasteiger partial charge in [-0.25, -0.2) is 4.79 Å². The SMILES string of the molecule is O=C1N[C@@]2([C@@H](O)[C@H]3CCC[C@H](Cl)[C@H]3O)C(=O)O[C@H]2[C@H]1CCCl. The fraction of sp³-hybridized carbons (Fsp3) is 0.857. The van der Waals surface area contributed by atoms with Crippen LogP contribution in [-0.4, -0.2) is 57.2 Å². The topological polar surface area (TPSA) is 95.9 Å². The number of alkyl halides is 2. The molecule has 6 nitrogen and oxygen atoms in total. The lowest BCUT2D eigenvalue weighted by molar-refractivity contribution is -0.212. The van der Waals surface area contributed by atoms with E-state index < -0.39 is 47.0 Å². The molecule has 3 fully saturated rings. The van der Waals surface area contributed by atoms with E-state index in [9.17, 15) is 19.8 Å². The minimum absolute atomic E-state index is 0.258. The first-order valence-electron chi connectivity index (χ1n) is 7.52. The van der Waals surface area contributed by atoms with Gasteiger partial charge in [0.15, 0.2) is 0 Å². The van der Waals surface area contributed by atoms with Gasteiger partial charge in [0, 0.05) is 11.8 Å². The first kappa shape index (κ1) is 16.3. The van der Waals surface area contributed by atoms with Crippen LogP contribution in [0.2, 0.25) is 0 Å². The summed E-state index contributed by atoms with van der Waals surface area (Å²) in [6, 6.07) is 0. The van der Waals surface area contributed by atoms with Gasteiger partial charge in [-0.15, -0.1) is 23.2 Å². The molecule has 2 aliphatic heterocycles. The number of aliphatic hydroxyl groups excluding tert-OH is 2. The second kappa shape index (κ2) is 5.82. The van der Waals surface area contributed by atoms with Crippen LogP contribution < -0.4 is 5.32 Å². The summed E-state index contributed by atoms with van der Waals surface area (Å²) < 4.78 is 5.12. The zero-order valence-corrected chi connectivity index (χ0v) is 13.4. The molecule has 2 saturated heterocycles. The number of fused-ring (bicyclic) bond motifs is 1. The van der Waals surface area contributed by atoms with Gasteiger partial charge in [-0.05, 0) is 19.3 Å². The molecule has 0 unspecified atom stereocenters. The number of esters is 1. The molecule has 1 saturated carbocycles. The van der Waals surface area contributed by atoms with Crippen molar-refractivity contribution in [1.82, 2.24) is 5.32 Å². The maximum absolute atomic E-state index is 12.1. The first-order valence-corrected chi connectivity index (χ1v) is 8.50. The van der Waals surface area contributed by atoms with Crippen molar-refractivity contribution in [3.8, 4) is 0 Å². The second-order valence-electron chi connectivity index (χ2n) is 6.31. The van der Waals surface area contributed by atoms with E-state index >= 15 is 0 Å². The number of ether oxygens (including phenoxy) is 1. The molecule has 0 radical (unpaired) electrons. The lowest BCUT2D eigenvalue weighted by atomic mass is 9.70. The number of aliphatic hydroxyl groups is 2. The van der Waals surface area contributed by atoms with E-state index in [1.165, 1.54) is 0 Å². The molecule has 0 spiro atoms. The Morgan fingerprint density at radius 1 is 1.41 bits per heavy atom. The monoisotopic (exact) mass is 351 g/mol. The Balaban J connectivity index is 1.85. The Hall–Kier alpha value is -0.560. The van der Waals surface area contributed by atoms with Crippen LogP contribution in [0.5, 0.6) is 0 Å². The highest BCUT2D eigenvalue weighted by molar-refractivity contribution is 6.21. The maximum atomic E-state index is 12.1. The molecule has 0 aromatic rings. The minimum Gasteiger partial charge on any atom is -0.456 e. The smallest absolute Gasteiger partial charge is 0.338 e. The molecule has 0 bridgehead atoms. The molecule has 22 heavy (non-hydrogen) atoms. The number of halogens is 2. The van der Waals surface area contributed by atoms with Gasteiger partial charge in [-0.2, -0.15) is 0 Å². The van der Waals surface area contributed by atoms with Gasteiger partial charge in [0.1, 0.15) is 6.10 Å². The van der Waals surface area contributed by atoms with E-state index in [1.807, 2.05) is 0 Å². The van der Waals surface area contributed by atoms with Crippen LogP contribution in [0.3, 0.4) is 0 Å². The number of rotatable bonds is 4. The average Bonchev–Trinajstić information content (AvgIpc) is 2.71. The Morgan fingerprint density at radius 3 is 2.77 bits per heavy atom. The normalized spacial score (nSPS) is 45.5. The van der Waals surface area contributed by atoms with Gasteiger partial charge in [-0.1, -0.05) is 6.42 Å². The van der Waals surface area contributed by atoms with E-state index in [-0.39, 0.29) is 11.8 Å². The van der Waals surface area contributed by atoms with Crippen molar-refractivity contribution in [3.05, 3.63) is 0 Å². The summed E-state index contributed by atoms with van der Waals surface area (Å²) in [6.45, 7) is 0. The Morgan fingerprint density at radius 2 is 2.14 bits per heavy atom. The lowest BCUT2D eigenvalue weighted by Crippen LogP contribution is -2.75. The molecule has 1 amide bonds. The first-order chi connectivity index (χ1) is 10.4.